The fourth-order valence-electron chi connectivity index (χ4n) is 2.24. The second kappa shape index (κ2) is 5.85. The second-order valence-corrected chi connectivity index (χ2v) is 6.93. The average molecular weight is 328 g/mol. The summed E-state index contributed by atoms with van der Waals surface area (Å²) in [6.45, 7) is 3.62. The molecule has 0 amide bonds. The highest BCUT2D eigenvalue weighted by atomic mass is 32.2. The monoisotopic (exact) mass is 328 g/mol. The number of H-pyrrole nitrogens is 1. The minimum absolute atomic E-state index is 0.248. The predicted molar refractivity (Wildman–Crippen MR) is 88.5 cm³/mol. The smallest absolute Gasteiger partial charge is 0.263 e. The lowest BCUT2D eigenvalue weighted by Gasteiger charge is -2.09. The number of sulfonamides is 1. The summed E-state index contributed by atoms with van der Waals surface area (Å²) < 4.78 is 27.6. The zero-order chi connectivity index (χ0) is 16.4. The maximum atomic E-state index is 12.5. The molecular weight excluding hydrogens is 312 g/mol. The molecule has 0 unspecified atom stereocenters. The van der Waals surface area contributed by atoms with Crippen molar-refractivity contribution in [3.8, 4) is 11.3 Å². The molecule has 0 aliphatic rings. The van der Waals surface area contributed by atoms with Gasteiger partial charge in [-0.05, 0) is 43.2 Å². The fraction of sp³-hybridized carbons (Fsp3) is 0.125. The van der Waals surface area contributed by atoms with Gasteiger partial charge in [0.15, 0.2) is 5.82 Å². The Balaban J connectivity index is 1.90. The number of pyridine rings is 1. The molecule has 3 rings (SSSR count). The molecule has 0 aliphatic heterocycles. The summed E-state index contributed by atoms with van der Waals surface area (Å²) in [5.41, 5.74) is 3.17. The number of hydrogen-bond acceptors (Lipinski definition) is 4. The molecule has 0 spiro atoms. The molecule has 23 heavy (non-hydrogen) atoms. The van der Waals surface area contributed by atoms with E-state index in [1.165, 1.54) is 0 Å². The first-order chi connectivity index (χ1) is 11.0. The fourth-order valence-corrected chi connectivity index (χ4v) is 3.57. The van der Waals surface area contributed by atoms with Gasteiger partial charge in [0.1, 0.15) is 0 Å². The van der Waals surface area contributed by atoms with E-state index in [0.29, 0.717) is 11.3 Å². The van der Waals surface area contributed by atoms with Gasteiger partial charge >= 0.3 is 0 Å². The standard InChI is InChI=1S/C16H16N4O2S/c1-11-3-4-12(2)15(9-11)23(21,22)20-16-10-14(18-19-16)13-5-7-17-8-6-13/h3-10H,1-2H3,(H2,18,19,20). The first kappa shape index (κ1) is 15.2. The minimum Gasteiger partial charge on any atom is -0.276 e. The van der Waals surface area contributed by atoms with Gasteiger partial charge in [-0.2, -0.15) is 5.10 Å². The number of hydrogen-bond donors (Lipinski definition) is 2. The summed E-state index contributed by atoms with van der Waals surface area (Å²) >= 11 is 0. The van der Waals surface area contributed by atoms with Crippen molar-refractivity contribution in [3.05, 3.63) is 59.9 Å². The molecular formula is C16H16N4O2S. The molecule has 0 aliphatic carbocycles. The Morgan fingerprint density at radius 1 is 1.04 bits per heavy atom. The number of benzene rings is 1. The first-order valence-corrected chi connectivity index (χ1v) is 8.50. The molecule has 2 heterocycles. The lowest BCUT2D eigenvalue weighted by Crippen LogP contribution is -2.14. The SMILES string of the molecule is Cc1ccc(C)c(S(=O)(=O)Nc2cc(-c3ccncc3)[nH]n2)c1. The van der Waals surface area contributed by atoms with Gasteiger partial charge in [-0.3, -0.25) is 14.8 Å². The maximum absolute atomic E-state index is 12.5. The molecule has 0 bridgehead atoms. The summed E-state index contributed by atoms with van der Waals surface area (Å²) in [5, 5.41) is 6.84. The molecule has 7 heteroatoms. The average Bonchev–Trinajstić information content (AvgIpc) is 2.98. The van der Waals surface area contributed by atoms with Gasteiger partial charge in [0.05, 0.1) is 10.6 Å². The van der Waals surface area contributed by atoms with Crippen LogP contribution >= 0.6 is 0 Å². The van der Waals surface area contributed by atoms with Gasteiger partial charge in [0.2, 0.25) is 0 Å². The van der Waals surface area contributed by atoms with Gasteiger partial charge in [-0.15, -0.1) is 0 Å². The van der Waals surface area contributed by atoms with Crippen LogP contribution in [0, 0.1) is 13.8 Å². The Labute approximate surface area is 134 Å². The van der Waals surface area contributed by atoms with Crippen molar-refractivity contribution < 1.29 is 8.42 Å². The van der Waals surface area contributed by atoms with Crippen LogP contribution in [-0.2, 0) is 10.0 Å². The third-order valence-electron chi connectivity index (χ3n) is 3.44. The minimum atomic E-state index is -3.68. The molecule has 0 saturated carbocycles. The molecule has 2 N–H and O–H groups in total. The third kappa shape index (κ3) is 3.24. The first-order valence-electron chi connectivity index (χ1n) is 7.01. The summed E-state index contributed by atoms with van der Waals surface area (Å²) in [4.78, 5) is 4.20. The van der Waals surface area contributed by atoms with Gasteiger partial charge in [0.25, 0.3) is 10.0 Å². The molecule has 118 valence electrons. The lowest BCUT2D eigenvalue weighted by atomic mass is 10.2. The van der Waals surface area contributed by atoms with Crippen LogP contribution in [0.15, 0.2) is 53.7 Å². The quantitative estimate of drug-likeness (QED) is 0.771. The largest absolute Gasteiger partial charge is 0.276 e. The maximum Gasteiger partial charge on any atom is 0.263 e. The molecule has 0 fully saturated rings. The van der Waals surface area contributed by atoms with E-state index in [-0.39, 0.29) is 10.7 Å². The summed E-state index contributed by atoms with van der Waals surface area (Å²) in [7, 11) is -3.68. The van der Waals surface area contributed by atoms with Crippen molar-refractivity contribution in [1.29, 1.82) is 0 Å². The zero-order valence-electron chi connectivity index (χ0n) is 12.7. The van der Waals surface area contributed by atoms with Gasteiger partial charge in [0, 0.05) is 24.0 Å². The Kier molecular flexibility index (Phi) is 3.87. The van der Waals surface area contributed by atoms with E-state index < -0.39 is 10.0 Å². The number of aromatic nitrogens is 3. The van der Waals surface area contributed by atoms with E-state index in [0.717, 1.165) is 11.1 Å². The van der Waals surface area contributed by atoms with Crippen molar-refractivity contribution in [2.75, 3.05) is 4.72 Å². The molecule has 3 aromatic rings. The third-order valence-corrected chi connectivity index (χ3v) is 4.94. The van der Waals surface area contributed by atoms with Crippen LogP contribution in [0.1, 0.15) is 11.1 Å². The highest BCUT2D eigenvalue weighted by Crippen LogP contribution is 2.23. The summed E-state index contributed by atoms with van der Waals surface area (Å²) in [5.74, 6) is 0.248. The van der Waals surface area contributed by atoms with Crippen LogP contribution in [0.5, 0.6) is 0 Å². The molecule has 6 nitrogen and oxygen atoms in total. The number of aromatic amines is 1. The van der Waals surface area contributed by atoms with E-state index in [4.69, 9.17) is 0 Å². The van der Waals surface area contributed by atoms with Crippen molar-refractivity contribution in [3.63, 3.8) is 0 Å². The molecule has 2 aromatic heterocycles. The molecule has 0 atom stereocenters. The predicted octanol–water partition coefficient (Wildman–Crippen LogP) is 2.89. The van der Waals surface area contributed by atoms with Crippen molar-refractivity contribution >= 4 is 15.8 Å². The molecule has 1 aromatic carbocycles. The number of aryl methyl sites for hydroxylation is 2. The number of nitrogens with zero attached hydrogens (tertiary/aromatic N) is 2. The highest BCUT2D eigenvalue weighted by Gasteiger charge is 2.18. The molecule has 0 saturated heterocycles. The normalized spacial score (nSPS) is 11.4. The number of anilines is 1. The van der Waals surface area contributed by atoms with Crippen LogP contribution in [-0.4, -0.2) is 23.6 Å². The number of rotatable bonds is 4. The van der Waals surface area contributed by atoms with E-state index in [1.807, 2.05) is 25.1 Å². The topological polar surface area (TPSA) is 87.7 Å². The van der Waals surface area contributed by atoms with E-state index >= 15 is 0 Å². The van der Waals surface area contributed by atoms with Gasteiger partial charge < -0.3 is 0 Å². The van der Waals surface area contributed by atoms with E-state index in [1.54, 1.807) is 37.5 Å². The Bertz CT molecular complexity index is 934. The van der Waals surface area contributed by atoms with Crippen molar-refractivity contribution in [2.24, 2.45) is 0 Å². The van der Waals surface area contributed by atoms with Crippen LogP contribution in [0.2, 0.25) is 0 Å². The van der Waals surface area contributed by atoms with Gasteiger partial charge in [-0.1, -0.05) is 12.1 Å². The second-order valence-electron chi connectivity index (χ2n) is 5.28. The highest BCUT2D eigenvalue weighted by molar-refractivity contribution is 7.92. The Hall–Kier alpha value is -2.67. The van der Waals surface area contributed by atoms with E-state index in [2.05, 4.69) is 19.9 Å². The Morgan fingerprint density at radius 2 is 1.78 bits per heavy atom. The van der Waals surface area contributed by atoms with E-state index in [9.17, 15) is 8.42 Å². The van der Waals surface area contributed by atoms with Crippen LogP contribution in [0.25, 0.3) is 11.3 Å². The van der Waals surface area contributed by atoms with Crippen molar-refractivity contribution in [2.45, 2.75) is 18.7 Å². The summed E-state index contributed by atoms with van der Waals surface area (Å²) in [6.07, 6.45) is 3.33. The zero-order valence-corrected chi connectivity index (χ0v) is 13.6. The Morgan fingerprint density at radius 3 is 2.52 bits per heavy atom. The molecule has 0 radical (unpaired) electrons. The van der Waals surface area contributed by atoms with Crippen LogP contribution in [0.4, 0.5) is 5.82 Å². The lowest BCUT2D eigenvalue weighted by molar-refractivity contribution is 0.600. The van der Waals surface area contributed by atoms with Gasteiger partial charge in [-0.25, -0.2) is 8.42 Å². The van der Waals surface area contributed by atoms with Crippen LogP contribution in [0.3, 0.4) is 0 Å². The number of nitrogens with one attached hydrogen (secondary N) is 2. The summed E-state index contributed by atoms with van der Waals surface area (Å²) in [6, 6.07) is 10.6. The van der Waals surface area contributed by atoms with Crippen LogP contribution < -0.4 is 4.72 Å². The van der Waals surface area contributed by atoms with Crippen molar-refractivity contribution in [1.82, 2.24) is 15.2 Å².